The van der Waals surface area contributed by atoms with Crippen LogP contribution >= 0.6 is 0 Å². The summed E-state index contributed by atoms with van der Waals surface area (Å²) >= 11 is 0. The quantitative estimate of drug-likeness (QED) is 0.698. The highest BCUT2D eigenvalue weighted by Crippen LogP contribution is 2.25. The van der Waals surface area contributed by atoms with Crippen LogP contribution in [0.15, 0.2) is 36.4 Å². The van der Waals surface area contributed by atoms with E-state index in [2.05, 4.69) is 0 Å². The van der Waals surface area contributed by atoms with E-state index in [1.54, 1.807) is 24.3 Å². The molecule has 0 heterocycles. The lowest BCUT2D eigenvalue weighted by Gasteiger charge is -2.09. The summed E-state index contributed by atoms with van der Waals surface area (Å²) in [5, 5.41) is 19.0. The summed E-state index contributed by atoms with van der Waals surface area (Å²) in [6.07, 6.45) is 3.67. The lowest BCUT2D eigenvalue weighted by atomic mass is 10.1. The van der Waals surface area contributed by atoms with Gasteiger partial charge >= 0.3 is 0 Å². The molecule has 0 aliphatic carbocycles. The second-order valence-corrected chi connectivity index (χ2v) is 2.88. The van der Waals surface area contributed by atoms with E-state index in [0.717, 1.165) is 0 Å². The van der Waals surface area contributed by atoms with Crippen LogP contribution in [-0.4, -0.2) is 10.2 Å². The molecule has 0 spiro atoms. The summed E-state index contributed by atoms with van der Waals surface area (Å²) in [5.41, 5.74) is 0.584. The number of phenolic OH excluding ortho intramolecular Hbond substituents is 1. The summed E-state index contributed by atoms with van der Waals surface area (Å²) in [6, 6.07) is 6.84. The second-order valence-electron chi connectivity index (χ2n) is 2.88. The topological polar surface area (TPSA) is 40.5 Å². The van der Waals surface area contributed by atoms with Crippen LogP contribution in [0.3, 0.4) is 0 Å². The molecule has 1 aromatic rings. The molecule has 0 bridgehead atoms. The van der Waals surface area contributed by atoms with Crippen molar-refractivity contribution in [3.05, 3.63) is 42.0 Å². The fourth-order valence-electron chi connectivity index (χ4n) is 1.16. The maximum absolute atomic E-state index is 9.62. The van der Waals surface area contributed by atoms with Crippen LogP contribution in [0.25, 0.3) is 0 Å². The monoisotopic (exact) mass is 178 g/mol. The number of allylic oxidation sites excluding steroid dienone is 1. The maximum atomic E-state index is 9.62. The number of aromatic hydroxyl groups is 1. The first-order valence-corrected chi connectivity index (χ1v) is 4.33. The normalized spacial score (nSPS) is 13.4. The first-order valence-electron chi connectivity index (χ1n) is 4.33. The molecule has 1 aromatic carbocycles. The van der Waals surface area contributed by atoms with E-state index >= 15 is 0 Å². The van der Waals surface area contributed by atoms with Gasteiger partial charge in [-0.2, -0.15) is 0 Å². The minimum absolute atomic E-state index is 0.152. The van der Waals surface area contributed by atoms with Crippen molar-refractivity contribution >= 4 is 0 Å². The Kier molecular flexibility index (Phi) is 3.53. The van der Waals surface area contributed by atoms with Crippen LogP contribution in [0.2, 0.25) is 0 Å². The van der Waals surface area contributed by atoms with Gasteiger partial charge in [-0.1, -0.05) is 30.4 Å². The summed E-state index contributed by atoms with van der Waals surface area (Å²) < 4.78 is 0. The molecule has 13 heavy (non-hydrogen) atoms. The maximum Gasteiger partial charge on any atom is 0.121 e. The van der Waals surface area contributed by atoms with Crippen molar-refractivity contribution in [2.75, 3.05) is 0 Å². The number of phenols is 1. The molecule has 2 heteroatoms. The molecule has 1 atom stereocenters. The van der Waals surface area contributed by atoms with Crippen molar-refractivity contribution in [3.8, 4) is 5.75 Å². The van der Waals surface area contributed by atoms with E-state index in [9.17, 15) is 10.2 Å². The fourth-order valence-corrected chi connectivity index (χ4v) is 1.16. The standard InChI is InChI=1S/C11H14O2/c1-2-3-7-10(12)9-6-4-5-8-11(9)13/h2-6,8,10,12-13H,7H2,1H3/b3-2+. The molecule has 0 saturated carbocycles. The van der Waals surface area contributed by atoms with Gasteiger partial charge in [0.1, 0.15) is 5.75 Å². The third-order valence-corrected chi connectivity index (χ3v) is 1.89. The molecule has 0 radical (unpaired) electrons. The van der Waals surface area contributed by atoms with E-state index in [1.807, 2.05) is 19.1 Å². The zero-order valence-electron chi connectivity index (χ0n) is 7.64. The van der Waals surface area contributed by atoms with Gasteiger partial charge in [0.25, 0.3) is 0 Å². The van der Waals surface area contributed by atoms with Gasteiger partial charge in [0.05, 0.1) is 6.10 Å². The van der Waals surface area contributed by atoms with Crippen molar-refractivity contribution < 1.29 is 10.2 Å². The third-order valence-electron chi connectivity index (χ3n) is 1.89. The van der Waals surface area contributed by atoms with Crippen molar-refractivity contribution in [3.63, 3.8) is 0 Å². The SMILES string of the molecule is C/C=C/CC(O)c1ccccc1O. The van der Waals surface area contributed by atoms with Crippen molar-refractivity contribution in [2.45, 2.75) is 19.4 Å². The van der Waals surface area contributed by atoms with Gasteiger partial charge in [-0.15, -0.1) is 0 Å². The zero-order chi connectivity index (χ0) is 9.68. The Bertz CT molecular complexity index is 292. The van der Waals surface area contributed by atoms with Crippen LogP contribution in [0.5, 0.6) is 5.75 Å². The van der Waals surface area contributed by atoms with Gasteiger partial charge in [-0.25, -0.2) is 0 Å². The second kappa shape index (κ2) is 4.67. The van der Waals surface area contributed by atoms with Gasteiger partial charge in [0.2, 0.25) is 0 Å². The molecule has 0 aliphatic heterocycles. The van der Waals surface area contributed by atoms with Gasteiger partial charge in [-0.05, 0) is 19.4 Å². The number of hydrogen-bond donors (Lipinski definition) is 2. The molecule has 2 N–H and O–H groups in total. The summed E-state index contributed by atoms with van der Waals surface area (Å²) in [4.78, 5) is 0. The molecule has 1 rings (SSSR count). The number of para-hydroxylation sites is 1. The van der Waals surface area contributed by atoms with Gasteiger partial charge in [0, 0.05) is 5.56 Å². The van der Waals surface area contributed by atoms with Crippen LogP contribution in [0.4, 0.5) is 0 Å². The number of aliphatic hydroxyl groups is 1. The Hall–Kier alpha value is -1.28. The van der Waals surface area contributed by atoms with Crippen molar-refractivity contribution in [1.82, 2.24) is 0 Å². The number of aliphatic hydroxyl groups excluding tert-OH is 1. The van der Waals surface area contributed by atoms with Crippen molar-refractivity contribution in [2.24, 2.45) is 0 Å². The summed E-state index contributed by atoms with van der Waals surface area (Å²) in [5.74, 6) is 0.152. The highest BCUT2D eigenvalue weighted by atomic mass is 16.3. The Morgan fingerprint density at radius 3 is 2.69 bits per heavy atom. The lowest BCUT2D eigenvalue weighted by molar-refractivity contribution is 0.177. The first-order chi connectivity index (χ1) is 6.25. The molecule has 0 saturated heterocycles. The van der Waals surface area contributed by atoms with Crippen LogP contribution < -0.4 is 0 Å². The van der Waals surface area contributed by atoms with Crippen LogP contribution in [-0.2, 0) is 0 Å². The van der Waals surface area contributed by atoms with E-state index in [1.165, 1.54) is 0 Å². The average Bonchev–Trinajstić information content (AvgIpc) is 2.15. The van der Waals surface area contributed by atoms with Crippen molar-refractivity contribution in [1.29, 1.82) is 0 Å². The minimum Gasteiger partial charge on any atom is -0.508 e. The molecule has 0 aromatic heterocycles. The Balaban J connectivity index is 2.76. The van der Waals surface area contributed by atoms with E-state index < -0.39 is 6.10 Å². The van der Waals surface area contributed by atoms with Crippen LogP contribution in [0.1, 0.15) is 25.0 Å². The Morgan fingerprint density at radius 2 is 2.08 bits per heavy atom. The Morgan fingerprint density at radius 1 is 1.38 bits per heavy atom. The van der Waals surface area contributed by atoms with E-state index in [4.69, 9.17) is 0 Å². The Labute approximate surface area is 78.2 Å². The number of rotatable bonds is 3. The molecule has 0 fully saturated rings. The molecular weight excluding hydrogens is 164 g/mol. The van der Waals surface area contributed by atoms with Gasteiger partial charge in [-0.3, -0.25) is 0 Å². The van der Waals surface area contributed by atoms with Gasteiger partial charge < -0.3 is 10.2 Å². The smallest absolute Gasteiger partial charge is 0.121 e. The summed E-state index contributed by atoms with van der Waals surface area (Å²) in [6.45, 7) is 1.90. The highest BCUT2D eigenvalue weighted by molar-refractivity contribution is 5.33. The highest BCUT2D eigenvalue weighted by Gasteiger charge is 2.08. The zero-order valence-corrected chi connectivity index (χ0v) is 7.64. The molecule has 2 nitrogen and oxygen atoms in total. The largest absolute Gasteiger partial charge is 0.508 e. The fraction of sp³-hybridized carbons (Fsp3) is 0.273. The predicted octanol–water partition coefficient (Wildman–Crippen LogP) is 2.39. The minimum atomic E-state index is -0.614. The predicted molar refractivity (Wildman–Crippen MR) is 52.5 cm³/mol. The molecule has 0 aliphatic rings. The third kappa shape index (κ3) is 2.60. The van der Waals surface area contributed by atoms with E-state index in [-0.39, 0.29) is 5.75 Å². The molecular formula is C11H14O2. The molecule has 70 valence electrons. The number of hydrogen-bond acceptors (Lipinski definition) is 2. The first kappa shape index (κ1) is 9.81. The molecule has 1 unspecified atom stereocenters. The van der Waals surface area contributed by atoms with Crippen LogP contribution in [0, 0.1) is 0 Å². The summed E-state index contributed by atoms with van der Waals surface area (Å²) in [7, 11) is 0. The lowest BCUT2D eigenvalue weighted by Crippen LogP contribution is -1.95. The average molecular weight is 178 g/mol. The van der Waals surface area contributed by atoms with E-state index in [0.29, 0.717) is 12.0 Å². The number of benzene rings is 1. The van der Waals surface area contributed by atoms with Gasteiger partial charge in [0.15, 0.2) is 0 Å². The molecule has 0 amide bonds.